The number of nitrogens with one attached hydrogen (secondary N) is 2. The fraction of sp³-hybridized carbons (Fsp3) is 0.562. The molecule has 3 nitrogen and oxygen atoms in total. The Labute approximate surface area is 115 Å². The maximum Gasteiger partial charge on any atom is 0.233 e. The zero-order valence-electron chi connectivity index (χ0n) is 12.0. The molecule has 1 aliphatic carbocycles. The molecule has 1 aliphatic rings. The molecule has 2 rings (SSSR count). The lowest BCUT2D eigenvalue weighted by Crippen LogP contribution is -2.35. The third kappa shape index (κ3) is 4.35. The van der Waals surface area contributed by atoms with E-state index >= 15 is 0 Å². The van der Waals surface area contributed by atoms with Gasteiger partial charge in [-0.15, -0.1) is 0 Å². The average Bonchev–Trinajstić information content (AvgIpc) is 2.83. The molecule has 0 saturated heterocycles. The number of fused-ring (bicyclic) bond motifs is 1. The molecule has 0 radical (unpaired) electrons. The number of amides is 1. The number of carbonyl (C=O) groups excluding carboxylic acids is 1. The SMILES string of the molecule is CC(C)CNC(=O)CNCc1ccc2c(c1)CCC2. The van der Waals surface area contributed by atoms with Crippen LogP contribution in [0.15, 0.2) is 18.2 Å². The van der Waals surface area contributed by atoms with Gasteiger partial charge in [-0.1, -0.05) is 32.0 Å². The number of aryl methyl sites for hydroxylation is 2. The van der Waals surface area contributed by atoms with Crippen molar-refractivity contribution in [2.24, 2.45) is 5.92 Å². The lowest BCUT2D eigenvalue weighted by Gasteiger charge is -2.09. The Morgan fingerprint density at radius 1 is 1.26 bits per heavy atom. The maximum absolute atomic E-state index is 11.6. The van der Waals surface area contributed by atoms with Crippen LogP contribution >= 0.6 is 0 Å². The van der Waals surface area contributed by atoms with Crippen LogP contribution in [-0.2, 0) is 24.2 Å². The summed E-state index contributed by atoms with van der Waals surface area (Å²) in [6, 6.07) is 6.68. The van der Waals surface area contributed by atoms with Crippen molar-refractivity contribution in [2.45, 2.75) is 39.7 Å². The number of hydrogen-bond acceptors (Lipinski definition) is 2. The largest absolute Gasteiger partial charge is 0.355 e. The molecule has 0 bridgehead atoms. The first-order valence-electron chi connectivity index (χ1n) is 7.23. The van der Waals surface area contributed by atoms with E-state index in [2.05, 4.69) is 42.7 Å². The molecule has 3 heteroatoms. The van der Waals surface area contributed by atoms with Gasteiger partial charge in [0.25, 0.3) is 0 Å². The smallest absolute Gasteiger partial charge is 0.233 e. The molecule has 0 unspecified atom stereocenters. The van der Waals surface area contributed by atoms with Gasteiger partial charge in [-0.2, -0.15) is 0 Å². The lowest BCUT2D eigenvalue weighted by atomic mass is 10.1. The van der Waals surface area contributed by atoms with E-state index in [4.69, 9.17) is 0 Å². The summed E-state index contributed by atoms with van der Waals surface area (Å²) >= 11 is 0. The van der Waals surface area contributed by atoms with Crippen LogP contribution in [0.5, 0.6) is 0 Å². The number of carbonyl (C=O) groups is 1. The minimum Gasteiger partial charge on any atom is -0.355 e. The quantitative estimate of drug-likeness (QED) is 0.822. The van der Waals surface area contributed by atoms with Crippen molar-refractivity contribution in [1.29, 1.82) is 0 Å². The highest BCUT2D eigenvalue weighted by Crippen LogP contribution is 2.22. The molecule has 1 aromatic carbocycles. The summed E-state index contributed by atoms with van der Waals surface area (Å²) in [5, 5.41) is 6.11. The first-order valence-corrected chi connectivity index (χ1v) is 7.23. The second kappa shape index (κ2) is 6.71. The molecular formula is C16H24N2O. The monoisotopic (exact) mass is 260 g/mol. The summed E-state index contributed by atoms with van der Waals surface area (Å²) in [5.74, 6) is 0.579. The lowest BCUT2D eigenvalue weighted by molar-refractivity contribution is -0.120. The van der Waals surface area contributed by atoms with Gasteiger partial charge in [0, 0.05) is 13.1 Å². The van der Waals surface area contributed by atoms with Gasteiger partial charge in [0.15, 0.2) is 0 Å². The molecule has 0 fully saturated rings. The van der Waals surface area contributed by atoms with Crippen molar-refractivity contribution >= 4 is 5.91 Å². The topological polar surface area (TPSA) is 41.1 Å². The van der Waals surface area contributed by atoms with Gasteiger partial charge in [-0.25, -0.2) is 0 Å². The molecule has 0 saturated carbocycles. The van der Waals surface area contributed by atoms with E-state index < -0.39 is 0 Å². The first-order chi connectivity index (χ1) is 9.15. The maximum atomic E-state index is 11.6. The Morgan fingerprint density at radius 2 is 2.05 bits per heavy atom. The predicted octanol–water partition coefficient (Wildman–Crippen LogP) is 2.04. The average molecular weight is 260 g/mol. The van der Waals surface area contributed by atoms with E-state index in [9.17, 15) is 4.79 Å². The summed E-state index contributed by atoms with van der Waals surface area (Å²) in [6.45, 7) is 6.10. The Balaban J connectivity index is 1.72. The highest BCUT2D eigenvalue weighted by molar-refractivity contribution is 5.77. The molecule has 19 heavy (non-hydrogen) atoms. The van der Waals surface area contributed by atoms with Crippen LogP contribution in [0, 0.1) is 5.92 Å². The van der Waals surface area contributed by atoms with Gasteiger partial charge < -0.3 is 10.6 Å². The van der Waals surface area contributed by atoms with E-state index in [0.29, 0.717) is 12.5 Å². The van der Waals surface area contributed by atoms with Crippen LogP contribution in [0.3, 0.4) is 0 Å². The van der Waals surface area contributed by atoms with Gasteiger partial charge in [0.2, 0.25) is 5.91 Å². The van der Waals surface area contributed by atoms with Gasteiger partial charge in [0.05, 0.1) is 6.54 Å². The van der Waals surface area contributed by atoms with Crippen molar-refractivity contribution in [3.05, 3.63) is 34.9 Å². The normalized spacial score (nSPS) is 13.6. The fourth-order valence-corrected chi connectivity index (χ4v) is 2.44. The highest BCUT2D eigenvalue weighted by Gasteiger charge is 2.10. The zero-order valence-corrected chi connectivity index (χ0v) is 12.0. The molecular weight excluding hydrogens is 236 g/mol. The predicted molar refractivity (Wildman–Crippen MR) is 78.0 cm³/mol. The summed E-state index contributed by atoms with van der Waals surface area (Å²) in [4.78, 5) is 11.6. The third-order valence-corrected chi connectivity index (χ3v) is 3.49. The molecule has 0 spiro atoms. The Kier molecular flexibility index (Phi) is 4.97. The third-order valence-electron chi connectivity index (χ3n) is 3.49. The number of rotatable bonds is 6. The summed E-state index contributed by atoms with van der Waals surface area (Å²) < 4.78 is 0. The van der Waals surface area contributed by atoms with E-state index in [1.165, 1.54) is 36.0 Å². The second-order valence-electron chi connectivity index (χ2n) is 5.76. The second-order valence-corrected chi connectivity index (χ2v) is 5.76. The van der Waals surface area contributed by atoms with E-state index in [0.717, 1.165) is 13.1 Å². The van der Waals surface area contributed by atoms with Crippen molar-refractivity contribution in [2.75, 3.05) is 13.1 Å². The highest BCUT2D eigenvalue weighted by atomic mass is 16.1. The fourth-order valence-electron chi connectivity index (χ4n) is 2.44. The van der Waals surface area contributed by atoms with Crippen LogP contribution in [0.1, 0.15) is 37.0 Å². The van der Waals surface area contributed by atoms with Gasteiger partial charge >= 0.3 is 0 Å². The summed E-state index contributed by atoms with van der Waals surface area (Å²) in [7, 11) is 0. The standard InChI is InChI=1S/C16H24N2O/c1-12(2)9-18-16(19)11-17-10-13-6-7-14-4-3-5-15(14)8-13/h6-8,12,17H,3-5,9-11H2,1-2H3,(H,18,19). The van der Waals surface area contributed by atoms with E-state index in [-0.39, 0.29) is 5.91 Å². The molecule has 104 valence electrons. The molecule has 0 aromatic heterocycles. The van der Waals surface area contributed by atoms with Crippen LogP contribution in [0.2, 0.25) is 0 Å². The van der Waals surface area contributed by atoms with Crippen LogP contribution in [0.4, 0.5) is 0 Å². The molecule has 0 heterocycles. The Bertz CT molecular complexity index is 440. The molecule has 1 amide bonds. The van der Waals surface area contributed by atoms with Gasteiger partial charge in [-0.3, -0.25) is 4.79 Å². The Hall–Kier alpha value is -1.35. The van der Waals surface area contributed by atoms with Crippen molar-refractivity contribution in [1.82, 2.24) is 10.6 Å². The summed E-state index contributed by atoms with van der Waals surface area (Å²) in [5.41, 5.74) is 4.26. The zero-order chi connectivity index (χ0) is 13.7. The minimum atomic E-state index is 0.0786. The molecule has 1 aromatic rings. The van der Waals surface area contributed by atoms with Crippen LogP contribution < -0.4 is 10.6 Å². The van der Waals surface area contributed by atoms with Gasteiger partial charge in [-0.05, 0) is 41.9 Å². The van der Waals surface area contributed by atoms with Crippen molar-refractivity contribution < 1.29 is 4.79 Å². The van der Waals surface area contributed by atoms with Crippen LogP contribution in [-0.4, -0.2) is 19.0 Å². The van der Waals surface area contributed by atoms with Crippen molar-refractivity contribution in [3.63, 3.8) is 0 Å². The number of hydrogen-bond donors (Lipinski definition) is 2. The van der Waals surface area contributed by atoms with E-state index in [1.54, 1.807) is 0 Å². The van der Waals surface area contributed by atoms with Gasteiger partial charge in [0.1, 0.15) is 0 Å². The molecule has 2 N–H and O–H groups in total. The van der Waals surface area contributed by atoms with Crippen LogP contribution in [0.25, 0.3) is 0 Å². The number of benzene rings is 1. The summed E-state index contributed by atoms with van der Waals surface area (Å²) in [6.07, 6.45) is 3.71. The molecule has 0 atom stereocenters. The minimum absolute atomic E-state index is 0.0786. The first kappa shape index (κ1) is 14.1. The molecule has 0 aliphatic heterocycles. The van der Waals surface area contributed by atoms with Crippen molar-refractivity contribution in [3.8, 4) is 0 Å². The van der Waals surface area contributed by atoms with E-state index in [1.807, 2.05) is 0 Å². The Morgan fingerprint density at radius 3 is 2.84 bits per heavy atom.